The summed E-state index contributed by atoms with van der Waals surface area (Å²) >= 11 is 1.68. The van der Waals surface area contributed by atoms with Crippen molar-refractivity contribution in [3.8, 4) is 0 Å². The molecule has 59 valence electrons. The molecule has 0 radical (unpaired) electrons. The van der Waals surface area contributed by atoms with E-state index in [4.69, 9.17) is 10.2 Å². The number of carboxylic acids is 1. The molecule has 0 aliphatic heterocycles. The number of aliphatic hydroxyl groups excluding tert-OH is 1. The van der Waals surface area contributed by atoms with Gasteiger partial charge >= 0.3 is 36.4 Å². The fourth-order valence-corrected chi connectivity index (χ4v) is 0.328. The standard InChI is InChI=1S/C5H10O2.CH3O.Ti/c1-2-3-4-5(6)7;1-2;/h2-4H2,1H3,(H,6,7);2H,1H2;. The van der Waals surface area contributed by atoms with Crippen LogP contribution in [0.15, 0.2) is 0 Å². The Morgan fingerprint density at radius 2 is 2.00 bits per heavy atom. The maximum atomic E-state index is 9.76. The minimum absolute atomic E-state index is 0.250. The average Bonchev–Trinajstić information content (AvgIpc) is 1.85. The third kappa shape index (κ3) is 24.2. The van der Waals surface area contributed by atoms with Gasteiger partial charge in [0.1, 0.15) is 0 Å². The molecular formula is C6H13O3Ti. The van der Waals surface area contributed by atoms with E-state index in [1.165, 1.54) is 0 Å². The third-order valence-corrected chi connectivity index (χ3v) is 0.744. The summed E-state index contributed by atoms with van der Waals surface area (Å²) in [6.45, 7) is 1.98. The third-order valence-electron chi connectivity index (χ3n) is 0.744. The van der Waals surface area contributed by atoms with E-state index in [0.717, 1.165) is 12.8 Å². The summed E-state index contributed by atoms with van der Waals surface area (Å²) < 4.78 is 0. The molecule has 0 atom stereocenters. The number of aliphatic hydroxyl groups is 1. The van der Waals surface area contributed by atoms with E-state index in [1.54, 1.807) is 20.4 Å². The van der Waals surface area contributed by atoms with Crippen molar-refractivity contribution in [1.82, 2.24) is 0 Å². The number of carboxylic acid groups (broad SMARTS) is 1. The molecule has 0 amide bonds. The van der Waals surface area contributed by atoms with Crippen molar-refractivity contribution in [3.63, 3.8) is 0 Å². The molecule has 0 heterocycles. The van der Waals surface area contributed by atoms with E-state index in [0.29, 0.717) is 6.42 Å². The van der Waals surface area contributed by atoms with Crippen LogP contribution in [0.2, 0.25) is 0 Å². The van der Waals surface area contributed by atoms with E-state index in [-0.39, 0.29) is 4.91 Å². The predicted octanol–water partition coefficient (Wildman–Crippen LogP) is 0.744. The van der Waals surface area contributed by atoms with Crippen molar-refractivity contribution in [3.05, 3.63) is 0 Å². The molecule has 3 nitrogen and oxygen atoms in total. The van der Waals surface area contributed by atoms with Gasteiger partial charge in [-0.15, -0.1) is 0 Å². The van der Waals surface area contributed by atoms with Crippen LogP contribution < -0.4 is 0 Å². The molecule has 0 fully saturated rings. The Hall–Kier alpha value is 0.144. The summed E-state index contributed by atoms with van der Waals surface area (Å²) in [5, 5.41) is 15.6. The topological polar surface area (TPSA) is 57.5 Å². The van der Waals surface area contributed by atoms with Gasteiger partial charge in [0.05, 0.1) is 0 Å². The van der Waals surface area contributed by atoms with E-state index < -0.39 is 5.97 Å². The van der Waals surface area contributed by atoms with Gasteiger partial charge < -0.3 is 5.11 Å². The number of hydrogen-bond acceptors (Lipinski definition) is 2. The zero-order valence-corrected chi connectivity index (χ0v) is 7.69. The quantitative estimate of drug-likeness (QED) is 0.631. The first-order valence-corrected chi connectivity index (χ1v) is 4.26. The van der Waals surface area contributed by atoms with Gasteiger partial charge in [-0.05, 0) is 6.42 Å². The van der Waals surface area contributed by atoms with Crippen LogP contribution in [0.5, 0.6) is 0 Å². The normalized spacial score (nSPS) is 7.70. The fourth-order valence-electron chi connectivity index (χ4n) is 0.328. The van der Waals surface area contributed by atoms with Gasteiger partial charge in [-0.2, -0.15) is 0 Å². The van der Waals surface area contributed by atoms with Gasteiger partial charge in [-0.1, -0.05) is 13.3 Å². The molecule has 0 aliphatic carbocycles. The fraction of sp³-hybridized carbons (Fsp3) is 0.833. The van der Waals surface area contributed by atoms with Crippen molar-refractivity contribution in [1.29, 1.82) is 0 Å². The summed E-state index contributed by atoms with van der Waals surface area (Å²) in [4.78, 5) is 10.0. The van der Waals surface area contributed by atoms with Gasteiger partial charge in [0.15, 0.2) is 0 Å². The van der Waals surface area contributed by atoms with E-state index in [9.17, 15) is 4.79 Å². The van der Waals surface area contributed by atoms with Gasteiger partial charge in [-0.25, -0.2) is 0 Å². The Morgan fingerprint density at radius 3 is 2.10 bits per heavy atom. The van der Waals surface area contributed by atoms with Crippen molar-refractivity contribution >= 4 is 5.97 Å². The van der Waals surface area contributed by atoms with Crippen LogP contribution in [0, 0.1) is 0 Å². The molecule has 0 bridgehead atoms. The van der Waals surface area contributed by atoms with E-state index in [1.807, 2.05) is 6.92 Å². The molecule has 0 aromatic carbocycles. The molecule has 2 N–H and O–H groups in total. The van der Waals surface area contributed by atoms with Crippen LogP contribution in [0.1, 0.15) is 26.2 Å². The molecule has 0 aromatic heterocycles. The van der Waals surface area contributed by atoms with Crippen LogP contribution in [0.4, 0.5) is 0 Å². The molecule has 0 spiro atoms. The summed E-state index contributed by atoms with van der Waals surface area (Å²) in [6.07, 6.45) is 2.08. The zero-order chi connectivity index (χ0) is 8.41. The maximum absolute atomic E-state index is 9.76. The first kappa shape index (κ1) is 12.8. The van der Waals surface area contributed by atoms with Crippen molar-refractivity contribution in [2.45, 2.75) is 26.2 Å². The van der Waals surface area contributed by atoms with E-state index >= 15 is 0 Å². The molecular weight excluding hydrogens is 168 g/mol. The van der Waals surface area contributed by atoms with Crippen LogP contribution >= 0.6 is 0 Å². The molecule has 0 saturated carbocycles. The minimum atomic E-state index is -0.693. The van der Waals surface area contributed by atoms with Crippen molar-refractivity contribution in [2.24, 2.45) is 0 Å². The van der Waals surface area contributed by atoms with Gasteiger partial charge in [0, 0.05) is 6.42 Å². The molecule has 0 saturated heterocycles. The number of aliphatic carboxylic acids is 1. The molecule has 4 heteroatoms. The second-order valence-corrected chi connectivity index (χ2v) is 2.15. The van der Waals surface area contributed by atoms with Crippen LogP contribution in [-0.4, -0.2) is 21.1 Å². The second kappa shape index (κ2) is 11.9. The number of unbranched alkanes of at least 4 members (excludes halogenated alkanes) is 1. The average molecular weight is 181 g/mol. The Labute approximate surface area is 72.8 Å². The SMILES string of the molecule is CCCCC(=O)O.O[CH2][Ti]. The summed E-state index contributed by atoms with van der Waals surface area (Å²) in [7, 11) is 0. The number of hydrogen-bond donors (Lipinski definition) is 2. The predicted molar refractivity (Wildman–Crippen MR) is 34.2 cm³/mol. The Bertz CT molecular complexity index is 75.4. The van der Waals surface area contributed by atoms with Crippen molar-refractivity contribution < 1.29 is 35.4 Å². The van der Waals surface area contributed by atoms with Crippen LogP contribution in [0.25, 0.3) is 0 Å². The Balaban J connectivity index is 0. The first-order chi connectivity index (χ1) is 4.68. The van der Waals surface area contributed by atoms with Gasteiger partial charge in [0.2, 0.25) is 0 Å². The summed E-state index contributed by atoms with van der Waals surface area (Å²) in [6, 6.07) is 0. The van der Waals surface area contributed by atoms with Gasteiger partial charge in [-0.3, -0.25) is 4.79 Å². The van der Waals surface area contributed by atoms with Crippen LogP contribution in [-0.2, 0) is 25.2 Å². The monoisotopic (exact) mass is 181 g/mol. The first-order valence-electron chi connectivity index (χ1n) is 3.16. The number of carbonyl (C=O) groups is 1. The van der Waals surface area contributed by atoms with Gasteiger partial charge in [0.25, 0.3) is 0 Å². The Morgan fingerprint density at radius 1 is 1.60 bits per heavy atom. The van der Waals surface area contributed by atoms with Crippen LogP contribution in [0.3, 0.4) is 0 Å². The molecule has 0 aliphatic rings. The summed E-state index contributed by atoms with van der Waals surface area (Å²) in [5.74, 6) is -0.693. The Kier molecular flexibility index (Phi) is 15.2. The zero-order valence-electron chi connectivity index (χ0n) is 6.13. The summed E-state index contributed by atoms with van der Waals surface area (Å²) in [5.41, 5.74) is 0. The van der Waals surface area contributed by atoms with Crippen molar-refractivity contribution in [2.75, 3.05) is 4.91 Å². The molecule has 0 unspecified atom stereocenters. The molecule has 0 rings (SSSR count). The molecule has 0 aromatic rings. The molecule has 10 heavy (non-hydrogen) atoms. The number of rotatable bonds is 3. The second-order valence-electron chi connectivity index (χ2n) is 1.66. The van der Waals surface area contributed by atoms with E-state index in [2.05, 4.69) is 0 Å².